The highest BCUT2D eigenvalue weighted by Gasteiger charge is 2.33. The topological polar surface area (TPSA) is 73.1 Å². The van der Waals surface area contributed by atoms with Crippen molar-refractivity contribution in [2.75, 3.05) is 26.2 Å². The number of alkyl halides is 3. The fraction of sp³-hybridized carbons (Fsp3) is 0.294. The number of rotatable bonds is 5. The molecule has 1 aliphatic heterocycles. The van der Waals surface area contributed by atoms with Crippen LogP contribution in [-0.2, 0) is 6.18 Å². The Hall–Kier alpha value is -2.16. The monoisotopic (exact) mass is 384 g/mol. The molecule has 1 aromatic carbocycles. The van der Waals surface area contributed by atoms with Crippen molar-refractivity contribution in [1.29, 1.82) is 0 Å². The molecule has 9 heteroatoms. The lowest BCUT2D eigenvalue weighted by Crippen LogP contribution is -2.14. The average Bonchev–Trinajstić information content (AvgIpc) is 3.13. The first-order chi connectivity index (χ1) is 12.4. The van der Waals surface area contributed by atoms with Gasteiger partial charge in [0, 0.05) is 31.4 Å². The summed E-state index contributed by atoms with van der Waals surface area (Å²) in [6.45, 7) is 1.88. The maximum Gasteiger partial charge on any atom is 0.417 e. The first-order valence-corrected chi connectivity index (χ1v) is 8.25. The second-order valence-electron chi connectivity index (χ2n) is 5.60. The van der Waals surface area contributed by atoms with Crippen LogP contribution in [0.3, 0.4) is 0 Å². The van der Waals surface area contributed by atoms with Crippen molar-refractivity contribution < 1.29 is 17.9 Å². The lowest BCUT2D eigenvalue weighted by atomic mass is 10.1. The first-order valence-electron chi connectivity index (χ1n) is 7.87. The summed E-state index contributed by atoms with van der Waals surface area (Å²) in [7, 11) is 0. The number of ether oxygens (including phenoxy) is 1. The summed E-state index contributed by atoms with van der Waals surface area (Å²) in [6.07, 6.45) is -1.03. The van der Waals surface area contributed by atoms with Gasteiger partial charge < -0.3 is 15.8 Å². The quantitative estimate of drug-likeness (QED) is 0.828. The molecule has 0 fully saturated rings. The molecule has 5 nitrogen and oxygen atoms in total. The molecule has 1 aromatic heterocycles. The minimum Gasteiger partial charge on any atom is -0.476 e. The van der Waals surface area contributed by atoms with Crippen molar-refractivity contribution >= 4 is 17.2 Å². The Labute approximate surface area is 153 Å². The van der Waals surface area contributed by atoms with Crippen LogP contribution >= 0.6 is 11.6 Å². The third kappa shape index (κ3) is 3.98. The van der Waals surface area contributed by atoms with E-state index in [1.54, 1.807) is 6.20 Å². The van der Waals surface area contributed by atoms with E-state index in [2.05, 4.69) is 15.3 Å². The molecule has 0 spiro atoms. The van der Waals surface area contributed by atoms with Crippen LogP contribution in [0.15, 0.2) is 30.5 Å². The van der Waals surface area contributed by atoms with Gasteiger partial charge in [-0.1, -0.05) is 17.7 Å². The normalized spacial score (nSPS) is 14.4. The van der Waals surface area contributed by atoms with Crippen molar-refractivity contribution in [3.63, 3.8) is 0 Å². The number of nitrogens with zero attached hydrogens (tertiary/aromatic N) is 2. The molecule has 26 heavy (non-hydrogen) atoms. The summed E-state index contributed by atoms with van der Waals surface area (Å²) in [5.41, 5.74) is 6.40. The molecule has 0 saturated carbocycles. The molecule has 0 radical (unpaired) electrons. The molecule has 3 rings (SSSR count). The van der Waals surface area contributed by atoms with Gasteiger partial charge in [-0.25, -0.2) is 4.98 Å². The summed E-state index contributed by atoms with van der Waals surface area (Å²) >= 11 is 5.67. The van der Waals surface area contributed by atoms with Gasteiger partial charge in [-0.2, -0.15) is 18.2 Å². The van der Waals surface area contributed by atoms with Crippen molar-refractivity contribution in [3.8, 4) is 17.3 Å². The summed E-state index contributed by atoms with van der Waals surface area (Å²) in [5, 5.41) is 2.79. The third-order valence-electron chi connectivity index (χ3n) is 3.79. The van der Waals surface area contributed by atoms with Gasteiger partial charge in [0.1, 0.15) is 6.61 Å². The Bertz CT molecular complexity index is 839. The number of aromatic nitrogens is 2. The van der Waals surface area contributed by atoms with E-state index in [4.69, 9.17) is 22.1 Å². The molecule has 3 N–H and O–H groups in total. The highest BCUT2D eigenvalue weighted by molar-refractivity contribution is 6.31. The molecule has 0 unspecified atom stereocenters. The summed E-state index contributed by atoms with van der Waals surface area (Å²) in [6, 6.07) is 3.55. The smallest absolute Gasteiger partial charge is 0.417 e. The van der Waals surface area contributed by atoms with Crippen molar-refractivity contribution in [1.82, 2.24) is 15.3 Å². The summed E-state index contributed by atoms with van der Waals surface area (Å²) in [4.78, 5) is 8.52. The number of benzene rings is 1. The SMILES string of the molecule is NCCOc1nc(-c2ccc(Cl)c(C(F)(F)F)c2)ncc1C1=CCNC1. The number of halogens is 4. The molecular weight excluding hydrogens is 369 g/mol. The Kier molecular flexibility index (Phi) is 5.45. The largest absolute Gasteiger partial charge is 0.476 e. The van der Waals surface area contributed by atoms with Crippen LogP contribution in [0.25, 0.3) is 17.0 Å². The van der Waals surface area contributed by atoms with Gasteiger partial charge in [0.2, 0.25) is 5.88 Å². The molecule has 0 bridgehead atoms. The van der Waals surface area contributed by atoms with Crippen LogP contribution < -0.4 is 15.8 Å². The Morgan fingerprint density at radius 2 is 2.12 bits per heavy atom. The zero-order chi connectivity index (χ0) is 18.7. The zero-order valence-corrected chi connectivity index (χ0v) is 14.4. The van der Waals surface area contributed by atoms with E-state index in [1.807, 2.05) is 6.08 Å². The minimum atomic E-state index is -4.56. The van der Waals surface area contributed by atoms with E-state index < -0.39 is 11.7 Å². The molecule has 0 amide bonds. The Morgan fingerprint density at radius 3 is 2.77 bits per heavy atom. The number of hydrogen-bond donors (Lipinski definition) is 2. The van der Waals surface area contributed by atoms with Crippen molar-refractivity contribution in [2.45, 2.75) is 6.18 Å². The molecule has 0 aliphatic carbocycles. The number of hydrogen-bond acceptors (Lipinski definition) is 5. The van der Waals surface area contributed by atoms with E-state index in [1.165, 1.54) is 12.1 Å². The maximum atomic E-state index is 13.1. The van der Waals surface area contributed by atoms with Crippen LogP contribution in [0.4, 0.5) is 13.2 Å². The number of nitrogens with two attached hydrogens (primary N) is 1. The van der Waals surface area contributed by atoms with Gasteiger partial charge >= 0.3 is 6.18 Å². The summed E-state index contributed by atoms with van der Waals surface area (Å²) in [5.74, 6) is 0.411. The highest BCUT2D eigenvalue weighted by Crippen LogP contribution is 2.37. The van der Waals surface area contributed by atoms with Gasteiger partial charge in [-0.05, 0) is 23.8 Å². The Balaban J connectivity index is 2.03. The molecule has 0 atom stereocenters. The average molecular weight is 385 g/mol. The van der Waals surface area contributed by atoms with Gasteiger partial charge in [-0.15, -0.1) is 0 Å². The maximum absolute atomic E-state index is 13.1. The molecule has 2 aromatic rings. The zero-order valence-electron chi connectivity index (χ0n) is 13.6. The van der Waals surface area contributed by atoms with Crippen LogP contribution in [0, 0.1) is 0 Å². The minimum absolute atomic E-state index is 0.120. The van der Waals surface area contributed by atoms with Crippen LogP contribution in [-0.4, -0.2) is 36.2 Å². The van der Waals surface area contributed by atoms with E-state index >= 15 is 0 Å². The first kappa shape index (κ1) is 18.6. The lowest BCUT2D eigenvalue weighted by Gasteiger charge is -2.13. The second-order valence-corrected chi connectivity index (χ2v) is 6.01. The fourth-order valence-electron chi connectivity index (χ4n) is 2.55. The van der Waals surface area contributed by atoms with Gasteiger partial charge in [0.25, 0.3) is 0 Å². The standard InChI is InChI=1S/C17H16ClF3N4O/c18-14-2-1-10(7-13(14)17(19,20)21)15-24-9-12(11-3-5-23-8-11)16(25-15)26-6-4-22/h1-3,7,9,23H,4-6,8,22H2. The van der Waals surface area contributed by atoms with Crippen LogP contribution in [0.2, 0.25) is 5.02 Å². The highest BCUT2D eigenvalue weighted by atomic mass is 35.5. The molecule has 0 saturated heterocycles. The van der Waals surface area contributed by atoms with Crippen LogP contribution in [0.5, 0.6) is 5.88 Å². The van der Waals surface area contributed by atoms with Crippen LogP contribution in [0.1, 0.15) is 11.1 Å². The van der Waals surface area contributed by atoms with E-state index in [9.17, 15) is 13.2 Å². The van der Waals surface area contributed by atoms with E-state index in [0.717, 1.165) is 18.2 Å². The number of nitrogens with one attached hydrogen (secondary N) is 1. The fourth-order valence-corrected chi connectivity index (χ4v) is 2.78. The van der Waals surface area contributed by atoms with Gasteiger partial charge in [-0.3, -0.25) is 0 Å². The van der Waals surface area contributed by atoms with Gasteiger partial charge in [0.05, 0.1) is 16.1 Å². The molecule has 1 aliphatic rings. The molecule has 2 heterocycles. The van der Waals surface area contributed by atoms with Crippen molar-refractivity contribution in [3.05, 3.63) is 46.6 Å². The lowest BCUT2D eigenvalue weighted by molar-refractivity contribution is -0.137. The van der Waals surface area contributed by atoms with Crippen molar-refractivity contribution in [2.24, 2.45) is 5.73 Å². The summed E-state index contributed by atoms with van der Waals surface area (Å²) < 4.78 is 44.8. The van der Waals surface area contributed by atoms with E-state index in [0.29, 0.717) is 18.0 Å². The molecule has 138 valence electrons. The van der Waals surface area contributed by atoms with E-state index in [-0.39, 0.29) is 29.6 Å². The Morgan fingerprint density at radius 1 is 1.31 bits per heavy atom. The predicted molar refractivity (Wildman–Crippen MR) is 92.9 cm³/mol. The second kappa shape index (κ2) is 7.61. The predicted octanol–water partition coefficient (Wildman–Crippen LogP) is 3.14. The third-order valence-corrected chi connectivity index (χ3v) is 4.12. The van der Waals surface area contributed by atoms with Gasteiger partial charge in [0.15, 0.2) is 5.82 Å². The molecular formula is C17H16ClF3N4O.